The van der Waals surface area contributed by atoms with Crippen molar-refractivity contribution in [2.45, 2.75) is 43.9 Å². The molecule has 0 spiro atoms. The van der Waals surface area contributed by atoms with E-state index in [9.17, 15) is 0 Å². The molecule has 0 amide bonds. The monoisotopic (exact) mass is 174 g/mol. The van der Waals surface area contributed by atoms with Crippen molar-refractivity contribution >= 4 is 11.8 Å². The second-order valence-electron chi connectivity index (χ2n) is 3.11. The summed E-state index contributed by atoms with van der Waals surface area (Å²) >= 11 is 2.07. The van der Waals surface area contributed by atoms with Gasteiger partial charge >= 0.3 is 0 Å². The van der Waals surface area contributed by atoms with Crippen molar-refractivity contribution in [1.82, 2.24) is 5.43 Å². The number of nitrogens with one attached hydrogen (secondary N) is 1. The first kappa shape index (κ1) is 9.36. The quantitative estimate of drug-likeness (QED) is 0.501. The SMILES string of the molecule is CCCC(NN)C1CCCS1. The Morgan fingerprint density at radius 3 is 3.00 bits per heavy atom. The number of thioether (sulfide) groups is 1. The molecule has 1 aliphatic heterocycles. The van der Waals surface area contributed by atoms with E-state index in [0.29, 0.717) is 6.04 Å². The topological polar surface area (TPSA) is 38.0 Å². The van der Waals surface area contributed by atoms with Crippen LogP contribution in [0.15, 0.2) is 0 Å². The van der Waals surface area contributed by atoms with Gasteiger partial charge in [0.25, 0.3) is 0 Å². The van der Waals surface area contributed by atoms with Gasteiger partial charge in [-0.3, -0.25) is 11.3 Å². The molecule has 1 heterocycles. The van der Waals surface area contributed by atoms with Gasteiger partial charge in [-0.05, 0) is 25.0 Å². The molecule has 2 unspecified atom stereocenters. The Bertz CT molecular complexity index is 102. The van der Waals surface area contributed by atoms with E-state index in [0.717, 1.165) is 5.25 Å². The van der Waals surface area contributed by atoms with Crippen LogP contribution in [0, 0.1) is 0 Å². The van der Waals surface area contributed by atoms with Crippen LogP contribution in [0.1, 0.15) is 32.6 Å². The van der Waals surface area contributed by atoms with Crippen LogP contribution in [-0.2, 0) is 0 Å². The molecule has 2 atom stereocenters. The first-order valence-corrected chi connectivity index (χ1v) is 5.51. The van der Waals surface area contributed by atoms with Crippen LogP contribution in [0.5, 0.6) is 0 Å². The van der Waals surface area contributed by atoms with Crippen LogP contribution in [0.4, 0.5) is 0 Å². The largest absolute Gasteiger partial charge is 0.271 e. The normalized spacial score (nSPS) is 27.3. The Labute approximate surface area is 73.3 Å². The van der Waals surface area contributed by atoms with Crippen LogP contribution in [-0.4, -0.2) is 17.0 Å². The van der Waals surface area contributed by atoms with E-state index in [2.05, 4.69) is 24.1 Å². The van der Waals surface area contributed by atoms with E-state index in [1.54, 1.807) is 0 Å². The fourth-order valence-corrected chi connectivity index (χ4v) is 3.02. The van der Waals surface area contributed by atoms with Gasteiger partial charge in [0, 0.05) is 11.3 Å². The van der Waals surface area contributed by atoms with Crippen molar-refractivity contribution in [1.29, 1.82) is 0 Å². The molecule has 0 aliphatic carbocycles. The van der Waals surface area contributed by atoms with E-state index >= 15 is 0 Å². The summed E-state index contributed by atoms with van der Waals surface area (Å²) in [5, 5.41) is 0.778. The summed E-state index contributed by atoms with van der Waals surface area (Å²) in [5.41, 5.74) is 2.92. The zero-order valence-corrected chi connectivity index (χ0v) is 7.99. The molecular formula is C8H18N2S. The van der Waals surface area contributed by atoms with Crippen molar-refractivity contribution in [2.24, 2.45) is 5.84 Å². The predicted molar refractivity (Wildman–Crippen MR) is 51.5 cm³/mol. The second kappa shape index (κ2) is 5.01. The third-order valence-corrected chi connectivity index (χ3v) is 3.74. The lowest BCUT2D eigenvalue weighted by Gasteiger charge is -2.20. The number of nitrogens with two attached hydrogens (primary N) is 1. The molecule has 1 saturated heterocycles. The van der Waals surface area contributed by atoms with Crippen molar-refractivity contribution in [3.8, 4) is 0 Å². The third-order valence-electron chi connectivity index (χ3n) is 2.23. The molecule has 1 fully saturated rings. The third kappa shape index (κ3) is 2.65. The molecule has 3 heteroatoms. The van der Waals surface area contributed by atoms with Crippen LogP contribution in [0.3, 0.4) is 0 Å². The Hall–Kier alpha value is 0.270. The van der Waals surface area contributed by atoms with E-state index in [-0.39, 0.29) is 0 Å². The highest BCUT2D eigenvalue weighted by Gasteiger charge is 2.23. The highest BCUT2D eigenvalue weighted by molar-refractivity contribution is 8.00. The minimum absolute atomic E-state index is 0.549. The van der Waals surface area contributed by atoms with Gasteiger partial charge in [0.2, 0.25) is 0 Å². The number of hydrogen-bond donors (Lipinski definition) is 2. The van der Waals surface area contributed by atoms with Gasteiger partial charge in [-0.25, -0.2) is 0 Å². The average Bonchev–Trinajstić information content (AvgIpc) is 2.52. The molecule has 11 heavy (non-hydrogen) atoms. The maximum atomic E-state index is 5.48. The van der Waals surface area contributed by atoms with E-state index in [1.807, 2.05) is 0 Å². The molecule has 0 aromatic heterocycles. The van der Waals surface area contributed by atoms with Gasteiger partial charge in [0.1, 0.15) is 0 Å². The molecule has 0 aromatic rings. The second-order valence-corrected chi connectivity index (χ2v) is 4.46. The van der Waals surface area contributed by atoms with Gasteiger partial charge in [0.15, 0.2) is 0 Å². The summed E-state index contributed by atoms with van der Waals surface area (Å²) in [4.78, 5) is 0. The molecule has 0 bridgehead atoms. The molecule has 0 radical (unpaired) electrons. The summed E-state index contributed by atoms with van der Waals surface area (Å²) in [7, 11) is 0. The summed E-state index contributed by atoms with van der Waals surface area (Å²) < 4.78 is 0. The van der Waals surface area contributed by atoms with Gasteiger partial charge < -0.3 is 0 Å². The lowest BCUT2D eigenvalue weighted by Crippen LogP contribution is -2.41. The highest BCUT2D eigenvalue weighted by Crippen LogP contribution is 2.29. The predicted octanol–water partition coefficient (Wildman–Crippen LogP) is 1.51. The van der Waals surface area contributed by atoms with Gasteiger partial charge in [-0.1, -0.05) is 13.3 Å². The molecular weight excluding hydrogens is 156 g/mol. The molecule has 3 N–H and O–H groups in total. The smallest absolute Gasteiger partial charge is 0.0329 e. The summed E-state index contributed by atoms with van der Waals surface area (Å²) in [5.74, 6) is 6.80. The average molecular weight is 174 g/mol. The fraction of sp³-hybridized carbons (Fsp3) is 1.00. The van der Waals surface area contributed by atoms with E-state index in [4.69, 9.17) is 5.84 Å². The highest BCUT2D eigenvalue weighted by atomic mass is 32.2. The van der Waals surface area contributed by atoms with E-state index in [1.165, 1.54) is 31.4 Å². The zero-order valence-electron chi connectivity index (χ0n) is 7.18. The van der Waals surface area contributed by atoms with Gasteiger partial charge in [-0.15, -0.1) is 0 Å². The van der Waals surface area contributed by atoms with Crippen LogP contribution < -0.4 is 11.3 Å². The van der Waals surface area contributed by atoms with Gasteiger partial charge in [0.05, 0.1) is 0 Å². The minimum Gasteiger partial charge on any atom is -0.271 e. The number of hydrazine groups is 1. The number of rotatable bonds is 4. The van der Waals surface area contributed by atoms with Crippen LogP contribution in [0.25, 0.3) is 0 Å². The molecule has 2 nitrogen and oxygen atoms in total. The first-order chi connectivity index (χ1) is 5.38. The van der Waals surface area contributed by atoms with Crippen molar-refractivity contribution in [3.05, 3.63) is 0 Å². The van der Waals surface area contributed by atoms with Gasteiger partial charge in [-0.2, -0.15) is 11.8 Å². The molecule has 1 rings (SSSR count). The van der Waals surface area contributed by atoms with Crippen LogP contribution in [0.2, 0.25) is 0 Å². The van der Waals surface area contributed by atoms with Crippen LogP contribution >= 0.6 is 11.8 Å². The Morgan fingerprint density at radius 2 is 2.55 bits per heavy atom. The maximum Gasteiger partial charge on any atom is 0.0329 e. The van der Waals surface area contributed by atoms with Crippen molar-refractivity contribution in [3.63, 3.8) is 0 Å². The lowest BCUT2D eigenvalue weighted by molar-refractivity contribution is 0.464. The molecule has 0 aromatic carbocycles. The molecule has 0 saturated carbocycles. The van der Waals surface area contributed by atoms with Crippen molar-refractivity contribution in [2.75, 3.05) is 5.75 Å². The van der Waals surface area contributed by atoms with E-state index < -0.39 is 0 Å². The lowest BCUT2D eigenvalue weighted by atomic mass is 10.1. The standard InChI is InChI=1S/C8H18N2S/c1-2-4-7(10-9)8-5-3-6-11-8/h7-8,10H,2-6,9H2,1H3. The molecule has 1 aliphatic rings. The minimum atomic E-state index is 0.549. The first-order valence-electron chi connectivity index (χ1n) is 4.46. The summed E-state index contributed by atoms with van der Waals surface area (Å²) in [6.07, 6.45) is 5.16. The zero-order chi connectivity index (χ0) is 8.10. The number of hydrogen-bond acceptors (Lipinski definition) is 3. The summed E-state index contributed by atoms with van der Waals surface area (Å²) in [6, 6.07) is 0.549. The Morgan fingerprint density at radius 1 is 1.73 bits per heavy atom. The Kier molecular flexibility index (Phi) is 4.26. The fourth-order valence-electron chi connectivity index (χ4n) is 1.61. The Balaban J connectivity index is 2.27. The summed E-state index contributed by atoms with van der Waals surface area (Å²) in [6.45, 7) is 2.21. The van der Waals surface area contributed by atoms with Crippen molar-refractivity contribution < 1.29 is 0 Å². The maximum absolute atomic E-state index is 5.48. The molecule has 66 valence electrons.